The quantitative estimate of drug-likeness (QED) is 0.700. The third-order valence-corrected chi connectivity index (χ3v) is 5.06. The number of carbonyl (C=O) groups excluding carboxylic acids is 1. The van der Waals surface area contributed by atoms with Crippen molar-refractivity contribution in [3.63, 3.8) is 0 Å². The molecule has 28 heavy (non-hydrogen) atoms. The highest BCUT2D eigenvalue weighted by Crippen LogP contribution is 2.34. The van der Waals surface area contributed by atoms with E-state index in [0.717, 1.165) is 29.8 Å². The molecule has 5 nitrogen and oxygen atoms in total. The fourth-order valence-corrected chi connectivity index (χ4v) is 3.65. The zero-order valence-electron chi connectivity index (χ0n) is 15.4. The van der Waals surface area contributed by atoms with Gasteiger partial charge in [0.1, 0.15) is 5.82 Å². The average Bonchev–Trinajstić information content (AvgIpc) is 3.23. The van der Waals surface area contributed by atoms with E-state index in [2.05, 4.69) is 15.2 Å². The first-order valence-corrected chi connectivity index (χ1v) is 9.38. The molecule has 6 heteroatoms. The molecular weight excluding hydrogens is 355 g/mol. The lowest BCUT2D eigenvalue weighted by atomic mass is 9.90. The first-order valence-electron chi connectivity index (χ1n) is 9.38. The monoisotopic (exact) mass is 376 g/mol. The summed E-state index contributed by atoms with van der Waals surface area (Å²) in [4.78, 5) is 18.7. The van der Waals surface area contributed by atoms with E-state index in [-0.39, 0.29) is 17.6 Å². The van der Waals surface area contributed by atoms with Crippen LogP contribution in [-0.4, -0.2) is 39.1 Å². The van der Waals surface area contributed by atoms with E-state index in [1.807, 2.05) is 29.2 Å². The van der Waals surface area contributed by atoms with Crippen LogP contribution in [0.3, 0.4) is 0 Å². The molecule has 1 fully saturated rings. The highest BCUT2D eigenvalue weighted by molar-refractivity contribution is 5.91. The van der Waals surface area contributed by atoms with E-state index in [9.17, 15) is 9.18 Å². The number of hydrogen-bond acceptors (Lipinski definition) is 3. The van der Waals surface area contributed by atoms with Gasteiger partial charge in [0.05, 0.1) is 11.9 Å². The maximum absolute atomic E-state index is 14.2. The number of benzene rings is 1. The van der Waals surface area contributed by atoms with Gasteiger partial charge in [0.25, 0.3) is 0 Å². The molecule has 1 aromatic carbocycles. The van der Waals surface area contributed by atoms with Crippen molar-refractivity contribution < 1.29 is 9.18 Å². The van der Waals surface area contributed by atoms with Gasteiger partial charge in [0, 0.05) is 48.1 Å². The molecule has 1 saturated heterocycles. The number of H-pyrrole nitrogens is 1. The van der Waals surface area contributed by atoms with E-state index in [1.54, 1.807) is 36.7 Å². The Labute approximate surface area is 162 Å². The summed E-state index contributed by atoms with van der Waals surface area (Å²) < 4.78 is 14.2. The average molecular weight is 376 g/mol. The van der Waals surface area contributed by atoms with Crippen LogP contribution in [0.25, 0.3) is 17.2 Å². The van der Waals surface area contributed by atoms with E-state index in [1.165, 1.54) is 6.07 Å². The van der Waals surface area contributed by atoms with Gasteiger partial charge in [-0.25, -0.2) is 4.39 Å². The van der Waals surface area contributed by atoms with E-state index < -0.39 is 0 Å². The van der Waals surface area contributed by atoms with Crippen LogP contribution in [0, 0.1) is 5.82 Å². The fourth-order valence-electron chi connectivity index (χ4n) is 3.65. The highest BCUT2D eigenvalue weighted by atomic mass is 19.1. The Bertz CT molecular complexity index is 983. The van der Waals surface area contributed by atoms with E-state index in [4.69, 9.17) is 0 Å². The van der Waals surface area contributed by atoms with Crippen molar-refractivity contribution in [1.29, 1.82) is 0 Å². The second-order valence-corrected chi connectivity index (χ2v) is 6.89. The van der Waals surface area contributed by atoms with Crippen molar-refractivity contribution in [2.24, 2.45) is 0 Å². The topological polar surface area (TPSA) is 61.9 Å². The van der Waals surface area contributed by atoms with Gasteiger partial charge in [-0.3, -0.25) is 14.9 Å². The molecule has 1 N–H and O–H groups in total. The lowest BCUT2D eigenvalue weighted by Gasteiger charge is -2.32. The summed E-state index contributed by atoms with van der Waals surface area (Å²) >= 11 is 0. The number of aromatic nitrogens is 3. The van der Waals surface area contributed by atoms with Crippen LogP contribution in [0.5, 0.6) is 0 Å². The fraction of sp³-hybridized carbons (Fsp3) is 0.227. The van der Waals surface area contributed by atoms with Crippen LogP contribution in [0.15, 0.2) is 60.9 Å². The number of likely N-dealkylation sites (tertiary alicyclic amines) is 1. The van der Waals surface area contributed by atoms with Crippen molar-refractivity contribution >= 4 is 12.0 Å². The van der Waals surface area contributed by atoms with Crippen molar-refractivity contribution in [2.45, 2.75) is 18.8 Å². The Kier molecular flexibility index (Phi) is 5.28. The molecule has 0 spiro atoms. The second kappa shape index (κ2) is 8.17. The summed E-state index contributed by atoms with van der Waals surface area (Å²) in [6, 6.07) is 12.3. The number of pyridine rings is 1. The normalized spacial score (nSPS) is 17.2. The molecule has 1 aliphatic rings. The molecule has 1 amide bonds. The summed E-state index contributed by atoms with van der Waals surface area (Å²) in [6.45, 7) is 1.29. The van der Waals surface area contributed by atoms with Crippen molar-refractivity contribution in [1.82, 2.24) is 20.1 Å². The summed E-state index contributed by atoms with van der Waals surface area (Å²) in [5, 5.41) is 7.18. The van der Waals surface area contributed by atoms with Crippen molar-refractivity contribution in [3.05, 3.63) is 78.1 Å². The van der Waals surface area contributed by atoms with Crippen LogP contribution in [0.2, 0.25) is 0 Å². The Balaban J connectivity index is 1.51. The molecule has 4 rings (SSSR count). The molecule has 2 aromatic heterocycles. The van der Waals surface area contributed by atoms with Gasteiger partial charge in [-0.15, -0.1) is 0 Å². The Morgan fingerprint density at radius 2 is 2.04 bits per heavy atom. The van der Waals surface area contributed by atoms with Gasteiger partial charge in [0.15, 0.2) is 0 Å². The van der Waals surface area contributed by atoms with Crippen molar-refractivity contribution in [2.75, 3.05) is 13.1 Å². The predicted octanol–water partition coefficient (Wildman–Crippen LogP) is 4.03. The standard InChI is InChI=1S/C22H21FN4O/c23-20-9-2-1-8-18(20)19-14-25-26-22(19)16-6-5-13-27(15-16)21(28)11-10-17-7-3-4-12-24-17/h1-4,7-12,14,16H,5-6,13,15H2,(H,25,26). The van der Waals surface area contributed by atoms with Gasteiger partial charge in [-0.05, 0) is 37.1 Å². The molecule has 0 saturated carbocycles. The third kappa shape index (κ3) is 3.86. The number of hydrogen-bond donors (Lipinski definition) is 1. The van der Waals surface area contributed by atoms with Gasteiger partial charge in [0.2, 0.25) is 5.91 Å². The number of nitrogens with one attached hydrogen (secondary N) is 1. The summed E-state index contributed by atoms with van der Waals surface area (Å²) in [5.74, 6) is -0.215. The highest BCUT2D eigenvalue weighted by Gasteiger charge is 2.27. The molecule has 1 unspecified atom stereocenters. The molecule has 1 aliphatic heterocycles. The molecular formula is C22H21FN4O. The maximum atomic E-state index is 14.2. The van der Waals surface area contributed by atoms with Gasteiger partial charge < -0.3 is 4.90 Å². The molecule has 142 valence electrons. The number of rotatable bonds is 4. The first-order chi connectivity index (χ1) is 13.7. The largest absolute Gasteiger partial charge is 0.338 e. The zero-order valence-corrected chi connectivity index (χ0v) is 15.4. The number of carbonyl (C=O) groups is 1. The molecule has 0 aliphatic carbocycles. The molecule has 1 atom stereocenters. The summed E-state index contributed by atoms with van der Waals surface area (Å²) in [7, 11) is 0. The number of aromatic amines is 1. The van der Waals surface area contributed by atoms with Gasteiger partial charge in [-0.2, -0.15) is 5.10 Å². The van der Waals surface area contributed by atoms with Crippen LogP contribution >= 0.6 is 0 Å². The molecule has 3 heterocycles. The number of nitrogens with zero attached hydrogens (tertiary/aromatic N) is 3. The number of halogens is 1. The minimum atomic E-state index is -0.271. The summed E-state index contributed by atoms with van der Waals surface area (Å²) in [6.07, 6.45) is 8.47. The SMILES string of the molecule is O=C(C=Cc1ccccn1)N1CCCC(c2[nH]ncc2-c2ccccc2F)C1. The Hall–Kier alpha value is -3.28. The van der Waals surface area contributed by atoms with Gasteiger partial charge in [-0.1, -0.05) is 24.3 Å². The number of piperidine rings is 1. The second-order valence-electron chi connectivity index (χ2n) is 6.89. The number of amides is 1. The minimum absolute atomic E-state index is 0.0395. The minimum Gasteiger partial charge on any atom is -0.338 e. The van der Waals surface area contributed by atoms with Gasteiger partial charge >= 0.3 is 0 Å². The van der Waals surface area contributed by atoms with Crippen LogP contribution in [0.4, 0.5) is 4.39 Å². The van der Waals surface area contributed by atoms with E-state index >= 15 is 0 Å². The first kappa shape index (κ1) is 18.1. The smallest absolute Gasteiger partial charge is 0.246 e. The maximum Gasteiger partial charge on any atom is 0.246 e. The molecule has 0 bridgehead atoms. The Morgan fingerprint density at radius 3 is 2.86 bits per heavy atom. The Morgan fingerprint density at radius 1 is 1.18 bits per heavy atom. The lowest BCUT2D eigenvalue weighted by Crippen LogP contribution is -2.38. The van der Waals surface area contributed by atoms with Crippen LogP contribution in [-0.2, 0) is 4.79 Å². The molecule has 3 aromatic rings. The lowest BCUT2D eigenvalue weighted by molar-refractivity contribution is -0.127. The van der Waals surface area contributed by atoms with Crippen molar-refractivity contribution in [3.8, 4) is 11.1 Å². The van der Waals surface area contributed by atoms with Crippen LogP contribution < -0.4 is 0 Å². The molecule has 0 radical (unpaired) electrons. The van der Waals surface area contributed by atoms with Crippen LogP contribution in [0.1, 0.15) is 30.1 Å². The predicted molar refractivity (Wildman–Crippen MR) is 106 cm³/mol. The van der Waals surface area contributed by atoms with E-state index in [0.29, 0.717) is 18.7 Å². The summed E-state index contributed by atoms with van der Waals surface area (Å²) in [5.41, 5.74) is 2.93. The zero-order chi connectivity index (χ0) is 19.3. The third-order valence-electron chi connectivity index (χ3n) is 5.06.